The van der Waals surface area contributed by atoms with Gasteiger partial charge in [0.25, 0.3) is 0 Å². The Balaban J connectivity index is 3.66. The second-order valence-corrected chi connectivity index (χ2v) is 4.71. The number of nitrogens with one attached hydrogen (secondary N) is 2. The molecular weight excluding hydrogens is 204 g/mol. The van der Waals surface area contributed by atoms with Gasteiger partial charge in [0.1, 0.15) is 0 Å². The molecule has 4 heteroatoms. The first-order valence-corrected chi connectivity index (χ1v) is 5.99. The second kappa shape index (κ2) is 8.53. The van der Waals surface area contributed by atoms with Crippen LogP contribution >= 0.6 is 0 Å². The molecule has 0 aliphatic heterocycles. The van der Waals surface area contributed by atoms with Crippen LogP contribution in [0.4, 0.5) is 0 Å². The summed E-state index contributed by atoms with van der Waals surface area (Å²) in [6, 6.07) is 0.348. The molecule has 96 valence electrons. The molecule has 0 aromatic rings. The highest BCUT2D eigenvalue weighted by Crippen LogP contribution is 2.00. The lowest BCUT2D eigenvalue weighted by molar-refractivity contribution is -0.123. The van der Waals surface area contributed by atoms with Crippen molar-refractivity contribution < 1.29 is 9.53 Å². The van der Waals surface area contributed by atoms with Crippen LogP contribution in [0.5, 0.6) is 0 Å². The number of rotatable bonds is 8. The maximum Gasteiger partial charge on any atom is 0.222 e. The van der Waals surface area contributed by atoms with Gasteiger partial charge in [-0.3, -0.25) is 4.79 Å². The second-order valence-electron chi connectivity index (χ2n) is 4.71. The lowest BCUT2D eigenvalue weighted by Gasteiger charge is -2.21. The molecule has 1 atom stereocenters. The average molecular weight is 230 g/mol. The van der Waals surface area contributed by atoms with Gasteiger partial charge in [0.2, 0.25) is 5.91 Å². The van der Waals surface area contributed by atoms with Gasteiger partial charge in [-0.1, -0.05) is 27.7 Å². The Morgan fingerprint density at radius 2 is 1.81 bits per heavy atom. The molecule has 0 aromatic carbocycles. The molecule has 0 bridgehead atoms. The number of carbonyl (C=O) groups excluding carboxylic acids is 1. The lowest BCUT2D eigenvalue weighted by atomic mass is 10.1. The van der Waals surface area contributed by atoms with Crippen molar-refractivity contribution in [2.45, 2.75) is 33.7 Å². The Morgan fingerprint density at radius 1 is 1.19 bits per heavy atom. The third kappa shape index (κ3) is 6.80. The fourth-order valence-corrected chi connectivity index (χ4v) is 1.31. The normalized spacial score (nSPS) is 13.2. The Kier molecular flexibility index (Phi) is 8.21. The van der Waals surface area contributed by atoms with Crippen molar-refractivity contribution in [1.29, 1.82) is 0 Å². The van der Waals surface area contributed by atoms with Gasteiger partial charge in [0.05, 0.1) is 6.61 Å². The van der Waals surface area contributed by atoms with Crippen LogP contribution in [-0.2, 0) is 9.53 Å². The van der Waals surface area contributed by atoms with E-state index in [2.05, 4.69) is 24.5 Å². The molecule has 0 aromatic heterocycles. The molecule has 16 heavy (non-hydrogen) atoms. The van der Waals surface area contributed by atoms with Crippen molar-refractivity contribution in [1.82, 2.24) is 10.6 Å². The van der Waals surface area contributed by atoms with E-state index in [-0.39, 0.29) is 11.8 Å². The highest BCUT2D eigenvalue weighted by molar-refractivity contribution is 5.77. The molecule has 0 saturated carbocycles. The van der Waals surface area contributed by atoms with Crippen LogP contribution in [0.25, 0.3) is 0 Å². The Labute approximate surface area is 99.1 Å². The van der Waals surface area contributed by atoms with Crippen molar-refractivity contribution in [3.63, 3.8) is 0 Å². The Morgan fingerprint density at radius 3 is 2.25 bits per heavy atom. The monoisotopic (exact) mass is 230 g/mol. The molecule has 1 unspecified atom stereocenters. The van der Waals surface area contributed by atoms with E-state index in [1.807, 2.05) is 13.8 Å². The van der Waals surface area contributed by atoms with Gasteiger partial charge in [-0.2, -0.15) is 0 Å². The predicted octanol–water partition coefficient (Wildman–Crippen LogP) is 1.02. The number of hydrogen-bond acceptors (Lipinski definition) is 3. The summed E-state index contributed by atoms with van der Waals surface area (Å²) in [5, 5.41) is 6.25. The zero-order valence-electron chi connectivity index (χ0n) is 11.2. The molecule has 0 aliphatic rings. The van der Waals surface area contributed by atoms with E-state index in [0.717, 1.165) is 6.54 Å². The predicted molar refractivity (Wildman–Crippen MR) is 66.4 cm³/mol. The van der Waals surface area contributed by atoms with Gasteiger partial charge in [-0.25, -0.2) is 0 Å². The quantitative estimate of drug-likeness (QED) is 0.612. The molecule has 0 aliphatic carbocycles. The number of amides is 1. The highest BCUT2D eigenvalue weighted by atomic mass is 16.5. The molecule has 2 N–H and O–H groups in total. The standard InChI is InChI=1S/C12H26N2O2/c1-9(2)11(8-16-5)13-6-7-14-12(15)10(3)4/h9-11,13H,6-8H2,1-5H3,(H,14,15). The van der Waals surface area contributed by atoms with Gasteiger partial charge in [-0.05, 0) is 5.92 Å². The number of ether oxygens (including phenoxy) is 1. The maximum atomic E-state index is 11.3. The van der Waals surface area contributed by atoms with E-state index in [1.165, 1.54) is 0 Å². The zero-order chi connectivity index (χ0) is 12.6. The van der Waals surface area contributed by atoms with E-state index < -0.39 is 0 Å². The third-order valence-corrected chi connectivity index (χ3v) is 2.51. The van der Waals surface area contributed by atoms with E-state index in [0.29, 0.717) is 25.1 Å². The van der Waals surface area contributed by atoms with E-state index in [9.17, 15) is 4.79 Å². The maximum absolute atomic E-state index is 11.3. The minimum absolute atomic E-state index is 0.0554. The average Bonchev–Trinajstić information content (AvgIpc) is 2.21. The Bertz CT molecular complexity index is 193. The van der Waals surface area contributed by atoms with Crippen molar-refractivity contribution in [2.75, 3.05) is 26.8 Å². The zero-order valence-corrected chi connectivity index (χ0v) is 11.2. The summed E-state index contributed by atoms with van der Waals surface area (Å²) in [6.45, 7) is 10.3. The molecule has 0 saturated heterocycles. The Hall–Kier alpha value is -0.610. The van der Waals surface area contributed by atoms with E-state index in [4.69, 9.17) is 4.74 Å². The van der Waals surface area contributed by atoms with Crippen LogP contribution in [0.3, 0.4) is 0 Å². The first kappa shape index (κ1) is 15.4. The minimum atomic E-state index is 0.0554. The van der Waals surface area contributed by atoms with E-state index >= 15 is 0 Å². The smallest absolute Gasteiger partial charge is 0.222 e. The van der Waals surface area contributed by atoms with Gasteiger partial charge in [0, 0.05) is 32.2 Å². The number of carbonyl (C=O) groups is 1. The molecule has 4 nitrogen and oxygen atoms in total. The van der Waals surface area contributed by atoms with Crippen molar-refractivity contribution in [2.24, 2.45) is 11.8 Å². The molecule has 1 amide bonds. The molecule has 0 spiro atoms. The van der Waals surface area contributed by atoms with Gasteiger partial charge in [-0.15, -0.1) is 0 Å². The van der Waals surface area contributed by atoms with Crippen LogP contribution in [0.1, 0.15) is 27.7 Å². The highest BCUT2D eigenvalue weighted by Gasteiger charge is 2.12. The molecule has 0 rings (SSSR count). The first-order chi connectivity index (χ1) is 7.49. The fourth-order valence-electron chi connectivity index (χ4n) is 1.31. The van der Waals surface area contributed by atoms with Crippen LogP contribution in [-0.4, -0.2) is 38.8 Å². The summed E-state index contributed by atoms with van der Waals surface area (Å²) >= 11 is 0. The summed E-state index contributed by atoms with van der Waals surface area (Å²) in [4.78, 5) is 11.3. The van der Waals surface area contributed by atoms with Crippen molar-refractivity contribution in [3.05, 3.63) is 0 Å². The molecular formula is C12H26N2O2. The van der Waals surface area contributed by atoms with Crippen LogP contribution in [0, 0.1) is 11.8 Å². The van der Waals surface area contributed by atoms with Gasteiger partial charge >= 0.3 is 0 Å². The number of methoxy groups -OCH3 is 1. The summed E-state index contributed by atoms with van der Waals surface area (Å²) in [7, 11) is 1.71. The minimum Gasteiger partial charge on any atom is -0.383 e. The first-order valence-electron chi connectivity index (χ1n) is 5.99. The fraction of sp³-hybridized carbons (Fsp3) is 0.917. The van der Waals surface area contributed by atoms with Gasteiger partial charge in [0.15, 0.2) is 0 Å². The summed E-state index contributed by atoms with van der Waals surface area (Å²) in [5.74, 6) is 0.690. The lowest BCUT2D eigenvalue weighted by Crippen LogP contribution is -2.42. The van der Waals surface area contributed by atoms with Crippen LogP contribution in [0.2, 0.25) is 0 Å². The summed E-state index contributed by atoms with van der Waals surface area (Å²) < 4.78 is 5.13. The van der Waals surface area contributed by atoms with E-state index in [1.54, 1.807) is 7.11 Å². The molecule has 0 fully saturated rings. The summed E-state index contributed by atoms with van der Waals surface area (Å²) in [6.07, 6.45) is 0. The van der Waals surface area contributed by atoms with Crippen molar-refractivity contribution >= 4 is 5.91 Å². The molecule has 0 radical (unpaired) electrons. The largest absolute Gasteiger partial charge is 0.383 e. The number of hydrogen-bond donors (Lipinski definition) is 2. The third-order valence-electron chi connectivity index (χ3n) is 2.51. The topological polar surface area (TPSA) is 50.4 Å². The van der Waals surface area contributed by atoms with Crippen LogP contribution in [0.15, 0.2) is 0 Å². The molecule has 0 heterocycles. The van der Waals surface area contributed by atoms with Crippen molar-refractivity contribution in [3.8, 4) is 0 Å². The SMILES string of the molecule is COCC(NCCNC(=O)C(C)C)C(C)C. The van der Waals surface area contributed by atoms with Crippen LogP contribution < -0.4 is 10.6 Å². The van der Waals surface area contributed by atoms with Gasteiger partial charge < -0.3 is 15.4 Å². The summed E-state index contributed by atoms with van der Waals surface area (Å²) in [5.41, 5.74) is 0.